The lowest BCUT2D eigenvalue weighted by molar-refractivity contribution is 0.0749. The Morgan fingerprint density at radius 3 is 2.10 bits per heavy atom. The number of likely N-dealkylation sites (tertiary alicyclic amines) is 1. The van der Waals surface area contributed by atoms with Gasteiger partial charge in [0.1, 0.15) is 0 Å². The number of nitrogens with two attached hydrogens (primary N) is 1. The van der Waals surface area contributed by atoms with Crippen LogP contribution in [0, 0.1) is 11.3 Å². The molecule has 1 saturated heterocycles. The highest BCUT2D eigenvalue weighted by atomic mass is 79.9. The summed E-state index contributed by atoms with van der Waals surface area (Å²) in [4.78, 5) is 2.58. The molecule has 0 aromatic heterocycles. The first-order valence-corrected chi connectivity index (χ1v) is 8.83. The number of halogens is 1. The van der Waals surface area contributed by atoms with Gasteiger partial charge < -0.3 is 5.73 Å². The summed E-state index contributed by atoms with van der Waals surface area (Å²) in [7, 11) is 0. The van der Waals surface area contributed by atoms with Gasteiger partial charge in [-0.25, -0.2) is 0 Å². The van der Waals surface area contributed by atoms with Crippen LogP contribution < -0.4 is 5.73 Å². The molecular weight excluding hydrogens is 324 g/mol. The van der Waals surface area contributed by atoms with Crippen LogP contribution in [0.2, 0.25) is 0 Å². The molecule has 3 heteroatoms. The zero-order valence-corrected chi connectivity index (χ0v) is 15.4. The summed E-state index contributed by atoms with van der Waals surface area (Å²) in [6.45, 7) is 11.5. The van der Waals surface area contributed by atoms with Crippen molar-refractivity contribution in [3.8, 4) is 0 Å². The number of nitrogens with zero attached hydrogens (tertiary/aromatic N) is 1. The normalized spacial score (nSPS) is 21.2. The summed E-state index contributed by atoms with van der Waals surface area (Å²) in [5.41, 5.74) is 8.06. The van der Waals surface area contributed by atoms with Crippen molar-refractivity contribution in [2.75, 3.05) is 13.1 Å². The molecule has 1 aromatic rings. The Bertz CT molecular complexity index is 439. The van der Waals surface area contributed by atoms with E-state index < -0.39 is 0 Å². The van der Waals surface area contributed by atoms with Gasteiger partial charge in [0.2, 0.25) is 0 Å². The van der Waals surface area contributed by atoms with Crippen LogP contribution in [0.4, 0.5) is 0 Å². The molecule has 0 amide bonds. The highest BCUT2D eigenvalue weighted by molar-refractivity contribution is 9.10. The minimum absolute atomic E-state index is 0.150. The second-order valence-corrected chi connectivity index (χ2v) is 8.45. The number of hydrogen-bond acceptors (Lipinski definition) is 2. The zero-order chi connectivity index (χ0) is 15.6. The molecule has 0 saturated carbocycles. The van der Waals surface area contributed by atoms with Crippen LogP contribution in [0.15, 0.2) is 28.7 Å². The number of rotatable bonds is 3. The monoisotopic (exact) mass is 352 g/mol. The molecule has 2 unspecified atom stereocenters. The van der Waals surface area contributed by atoms with Gasteiger partial charge in [-0.1, -0.05) is 48.8 Å². The van der Waals surface area contributed by atoms with Crippen LogP contribution in [0.1, 0.15) is 52.1 Å². The van der Waals surface area contributed by atoms with Crippen molar-refractivity contribution in [1.29, 1.82) is 0 Å². The van der Waals surface area contributed by atoms with Crippen LogP contribution >= 0.6 is 15.9 Å². The van der Waals surface area contributed by atoms with Gasteiger partial charge in [0, 0.05) is 16.6 Å². The average Bonchev–Trinajstić information content (AvgIpc) is 2.40. The second-order valence-electron chi connectivity index (χ2n) is 7.53. The Kier molecular flexibility index (Phi) is 5.50. The van der Waals surface area contributed by atoms with E-state index in [1.807, 2.05) is 0 Å². The van der Waals surface area contributed by atoms with Gasteiger partial charge in [-0.05, 0) is 61.9 Å². The number of piperidine rings is 1. The van der Waals surface area contributed by atoms with E-state index in [-0.39, 0.29) is 6.04 Å². The highest BCUT2D eigenvalue weighted by Crippen LogP contribution is 2.37. The third kappa shape index (κ3) is 4.30. The van der Waals surface area contributed by atoms with Crippen molar-refractivity contribution in [3.63, 3.8) is 0 Å². The summed E-state index contributed by atoms with van der Waals surface area (Å²) in [5, 5.41) is 0. The molecule has 0 spiro atoms. The van der Waals surface area contributed by atoms with E-state index >= 15 is 0 Å². The van der Waals surface area contributed by atoms with Crippen molar-refractivity contribution in [2.24, 2.45) is 17.1 Å². The lowest BCUT2D eigenvalue weighted by atomic mass is 9.75. The second kappa shape index (κ2) is 6.80. The maximum atomic E-state index is 6.30. The topological polar surface area (TPSA) is 29.3 Å². The quantitative estimate of drug-likeness (QED) is 0.861. The van der Waals surface area contributed by atoms with Crippen molar-refractivity contribution in [1.82, 2.24) is 4.90 Å². The van der Waals surface area contributed by atoms with E-state index in [1.165, 1.54) is 18.4 Å². The fraction of sp³-hybridized carbons (Fsp3) is 0.667. The molecule has 2 atom stereocenters. The largest absolute Gasteiger partial charge is 0.326 e. The van der Waals surface area contributed by atoms with E-state index in [1.54, 1.807) is 0 Å². The maximum absolute atomic E-state index is 6.30. The van der Waals surface area contributed by atoms with E-state index in [0.717, 1.165) is 23.5 Å². The summed E-state index contributed by atoms with van der Waals surface area (Å²) < 4.78 is 1.13. The Hall–Kier alpha value is -0.380. The molecule has 1 fully saturated rings. The SMILES string of the molecule is CC(N)C(c1ccc(Br)cc1)N1CCC(C(C)(C)C)CC1. The first-order chi connectivity index (χ1) is 9.79. The number of benzene rings is 1. The predicted molar refractivity (Wildman–Crippen MR) is 94.3 cm³/mol. The Labute approximate surface area is 138 Å². The van der Waals surface area contributed by atoms with E-state index in [0.29, 0.717) is 11.5 Å². The van der Waals surface area contributed by atoms with Crippen molar-refractivity contribution in [2.45, 2.75) is 52.6 Å². The number of hydrogen-bond donors (Lipinski definition) is 1. The summed E-state index contributed by atoms with van der Waals surface area (Å²) in [6.07, 6.45) is 2.56. The van der Waals surface area contributed by atoms with Crippen molar-refractivity contribution < 1.29 is 0 Å². The van der Waals surface area contributed by atoms with Crippen LogP contribution in [0.5, 0.6) is 0 Å². The van der Waals surface area contributed by atoms with Crippen molar-refractivity contribution >= 4 is 15.9 Å². The van der Waals surface area contributed by atoms with Gasteiger partial charge in [0.25, 0.3) is 0 Å². The molecule has 1 aliphatic heterocycles. The Balaban J connectivity index is 2.09. The lowest BCUT2D eigenvalue weighted by Gasteiger charge is -2.43. The smallest absolute Gasteiger partial charge is 0.0496 e. The van der Waals surface area contributed by atoms with Crippen LogP contribution in [-0.2, 0) is 0 Å². The van der Waals surface area contributed by atoms with Gasteiger partial charge in [0.05, 0.1) is 0 Å². The maximum Gasteiger partial charge on any atom is 0.0496 e. The Morgan fingerprint density at radius 2 is 1.67 bits per heavy atom. The lowest BCUT2D eigenvalue weighted by Crippen LogP contribution is -2.45. The van der Waals surface area contributed by atoms with Crippen LogP contribution in [-0.4, -0.2) is 24.0 Å². The zero-order valence-electron chi connectivity index (χ0n) is 13.8. The van der Waals surface area contributed by atoms with Crippen LogP contribution in [0.3, 0.4) is 0 Å². The predicted octanol–water partition coefficient (Wildman–Crippen LogP) is 4.60. The van der Waals surface area contributed by atoms with Gasteiger partial charge in [-0.2, -0.15) is 0 Å². The third-order valence-corrected chi connectivity index (χ3v) is 5.39. The molecule has 1 heterocycles. The van der Waals surface area contributed by atoms with Crippen molar-refractivity contribution in [3.05, 3.63) is 34.3 Å². The van der Waals surface area contributed by atoms with E-state index in [9.17, 15) is 0 Å². The first-order valence-electron chi connectivity index (χ1n) is 8.04. The molecule has 1 aliphatic rings. The third-order valence-electron chi connectivity index (χ3n) is 4.86. The molecule has 21 heavy (non-hydrogen) atoms. The molecule has 0 radical (unpaired) electrons. The highest BCUT2D eigenvalue weighted by Gasteiger charge is 2.32. The average molecular weight is 353 g/mol. The van der Waals surface area contributed by atoms with E-state index in [2.05, 4.69) is 72.8 Å². The minimum Gasteiger partial charge on any atom is -0.326 e. The van der Waals surface area contributed by atoms with Gasteiger partial charge in [-0.15, -0.1) is 0 Å². The summed E-state index contributed by atoms with van der Waals surface area (Å²) in [6, 6.07) is 9.12. The minimum atomic E-state index is 0.150. The standard InChI is InChI=1S/C18H29BrN2/c1-13(20)17(14-5-7-16(19)8-6-14)21-11-9-15(10-12-21)18(2,3)4/h5-8,13,15,17H,9-12,20H2,1-4H3. The van der Waals surface area contributed by atoms with Gasteiger partial charge in [-0.3, -0.25) is 4.90 Å². The molecule has 2 nitrogen and oxygen atoms in total. The molecular formula is C18H29BrN2. The molecule has 2 N–H and O–H groups in total. The molecule has 2 rings (SSSR count). The van der Waals surface area contributed by atoms with Crippen LogP contribution in [0.25, 0.3) is 0 Å². The van der Waals surface area contributed by atoms with Gasteiger partial charge >= 0.3 is 0 Å². The molecule has 0 bridgehead atoms. The molecule has 0 aliphatic carbocycles. The van der Waals surface area contributed by atoms with Gasteiger partial charge in [0.15, 0.2) is 0 Å². The fourth-order valence-electron chi connectivity index (χ4n) is 3.55. The summed E-state index contributed by atoms with van der Waals surface area (Å²) >= 11 is 3.51. The first kappa shape index (κ1) is 17.0. The summed E-state index contributed by atoms with van der Waals surface area (Å²) in [5.74, 6) is 0.826. The molecule has 1 aromatic carbocycles. The fourth-order valence-corrected chi connectivity index (χ4v) is 3.81. The molecule has 118 valence electrons. The van der Waals surface area contributed by atoms with E-state index in [4.69, 9.17) is 5.73 Å². The Morgan fingerprint density at radius 1 is 1.14 bits per heavy atom.